The molecule has 0 unspecified atom stereocenters. The van der Waals surface area contributed by atoms with Gasteiger partial charge >= 0.3 is 5.97 Å². The van der Waals surface area contributed by atoms with Gasteiger partial charge in [-0.2, -0.15) is 0 Å². The van der Waals surface area contributed by atoms with Crippen molar-refractivity contribution in [2.75, 3.05) is 38.0 Å². The van der Waals surface area contributed by atoms with Crippen LogP contribution in [-0.2, 0) is 10.3 Å². The van der Waals surface area contributed by atoms with Crippen LogP contribution in [-0.4, -0.2) is 69.5 Å². The Morgan fingerprint density at radius 3 is 2.50 bits per heavy atom. The smallest absolute Gasteiger partial charge is 0.317 e. The van der Waals surface area contributed by atoms with Crippen LogP contribution in [0.25, 0.3) is 5.57 Å². The van der Waals surface area contributed by atoms with Crippen molar-refractivity contribution in [3.8, 4) is 0 Å². The van der Waals surface area contributed by atoms with Crippen molar-refractivity contribution < 1.29 is 14.7 Å². The van der Waals surface area contributed by atoms with Gasteiger partial charge in [0.15, 0.2) is 5.82 Å². The molecule has 1 aromatic heterocycles. The lowest BCUT2D eigenvalue weighted by Gasteiger charge is -2.44. The molecular formula is C28H39N5O3. The van der Waals surface area contributed by atoms with Crippen molar-refractivity contribution in [1.82, 2.24) is 19.8 Å². The Morgan fingerprint density at radius 2 is 1.92 bits per heavy atom. The van der Waals surface area contributed by atoms with Crippen LogP contribution in [0.4, 0.5) is 5.69 Å². The average Bonchev–Trinajstić information content (AvgIpc) is 3.26. The average molecular weight is 494 g/mol. The summed E-state index contributed by atoms with van der Waals surface area (Å²) in [5, 5.41) is 12.2. The Labute approximate surface area is 213 Å². The molecule has 4 rings (SSSR count). The second kappa shape index (κ2) is 10.2. The Balaban J connectivity index is 1.62. The summed E-state index contributed by atoms with van der Waals surface area (Å²) < 4.78 is 0. The third kappa shape index (κ3) is 5.87. The highest BCUT2D eigenvalue weighted by molar-refractivity contribution is 6.03. The molecule has 0 radical (unpaired) electrons. The van der Waals surface area contributed by atoms with Gasteiger partial charge in [-0.25, -0.2) is 4.98 Å². The van der Waals surface area contributed by atoms with E-state index in [1.165, 1.54) is 11.1 Å². The van der Waals surface area contributed by atoms with E-state index in [2.05, 4.69) is 66.1 Å². The first-order chi connectivity index (χ1) is 16.9. The number of hydrogen-bond donors (Lipinski definition) is 3. The van der Waals surface area contributed by atoms with Crippen molar-refractivity contribution in [2.24, 2.45) is 5.41 Å². The summed E-state index contributed by atoms with van der Waals surface area (Å²) in [4.78, 5) is 35.7. The van der Waals surface area contributed by atoms with E-state index in [0.717, 1.165) is 62.4 Å². The number of nitrogens with zero attached hydrogens (tertiary/aromatic N) is 3. The summed E-state index contributed by atoms with van der Waals surface area (Å²) in [5.74, 6) is -0.720. The number of anilines is 1. The molecule has 2 aromatic rings. The second-order valence-electron chi connectivity index (χ2n) is 11.4. The highest BCUT2D eigenvalue weighted by Crippen LogP contribution is 2.41. The molecule has 1 aliphatic heterocycles. The maximum absolute atomic E-state index is 12.9. The number of carbonyl (C=O) groups excluding carboxylic acids is 1. The number of aryl methyl sites for hydroxylation is 1. The van der Waals surface area contributed by atoms with Crippen LogP contribution in [0.15, 0.2) is 30.5 Å². The number of carbonyl (C=O) groups is 2. The van der Waals surface area contributed by atoms with Gasteiger partial charge in [-0.3, -0.25) is 19.4 Å². The van der Waals surface area contributed by atoms with Crippen molar-refractivity contribution in [1.29, 1.82) is 0 Å². The molecule has 8 heteroatoms. The predicted octanol–water partition coefficient (Wildman–Crippen LogP) is 4.50. The van der Waals surface area contributed by atoms with Gasteiger partial charge in [-0.05, 0) is 68.7 Å². The van der Waals surface area contributed by atoms with Gasteiger partial charge in [0.2, 0.25) is 0 Å². The van der Waals surface area contributed by atoms with E-state index < -0.39 is 5.97 Å². The van der Waals surface area contributed by atoms with Gasteiger partial charge in [0.25, 0.3) is 5.91 Å². The summed E-state index contributed by atoms with van der Waals surface area (Å²) in [5.41, 5.74) is 5.14. The Hall–Kier alpha value is -2.97. The fourth-order valence-electron chi connectivity index (χ4n) is 5.17. The number of aromatic amines is 1. The zero-order valence-electron chi connectivity index (χ0n) is 22.1. The van der Waals surface area contributed by atoms with Crippen LogP contribution >= 0.6 is 0 Å². The molecule has 1 aliphatic carbocycles. The standard InChI is InChI=1S/C28H39N5O3/c1-19-17-29-25(30-19)26(36)31-23-7-6-21(16-22(23)20-8-10-27(2,3)11-9-20)28(4,5)33-14-12-32(13-15-33)18-24(34)35/h6-8,16-17H,9-15,18H2,1-5H3,(H,29,30)(H,31,36)(H,34,35). The number of carboxylic acids is 1. The molecular weight excluding hydrogens is 454 g/mol. The number of carboxylic acid groups (broad SMARTS) is 1. The molecule has 0 spiro atoms. The number of amides is 1. The molecule has 3 N–H and O–H groups in total. The third-order valence-corrected chi connectivity index (χ3v) is 7.74. The zero-order chi connectivity index (χ0) is 26.1. The van der Waals surface area contributed by atoms with E-state index in [1.54, 1.807) is 6.20 Å². The fraction of sp³-hybridized carbons (Fsp3) is 0.536. The Morgan fingerprint density at radius 1 is 1.19 bits per heavy atom. The molecule has 194 valence electrons. The lowest BCUT2D eigenvalue weighted by atomic mass is 9.76. The molecule has 1 fully saturated rings. The number of piperazine rings is 1. The summed E-state index contributed by atoms with van der Waals surface area (Å²) in [6.07, 6.45) is 7.12. The van der Waals surface area contributed by atoms with Gasteiger partial charge in [-0.15, -0.1) is 0 Å². The maximum atomic E-state index is 12.9. The van der Waals surface area contributed by atoms with Gasteiger partial charge in [-0.1, -0.05) is 26.0 Å². The molecule has 2 aliphatic rings. The van der Waals surface area contributed by atoms with Crippen LogP contribution < -0.4 is 5.32 Å². The van der Waals surface area contributed by atoms with Crippen molar-refractivity contribution in [2.45, 2.75) is 59.4 Å². The fourth-order valence-corrected chi connectivity index (χ4v) is 5.17. The third-order valence-electron chi connectivity index (χ3n) is 7.74. The first-order valence-electron chi connectivity index (χ1n) is 12.8. The number of aromatic nitrogens is 2. The van der Waals surface area contributed by atoms with Crippen LogP contribution in [0.1, 0.15) is 74.4 Å². The zero-order valence-corrected chi connectivity index (χ0v) is 22.1. The number of benzene rings is 1. The lowest BCUT2D eigenvalue weighted by Crippen LogP contribution is -2.54. The van der Waals surface area contributed by atoms with Crippen LogP contribution in [0, 0.1) is 12.3 Å². The van der Waals surface area contributed by atoms with Gasteiger partial charge in [0.1, 0.15) is 0 Å². The molecule has 1 amide bonds. The van der Waals surface area contributed by atoms with E-state index in [0.29, 0.717) is 5.82 Å². The molecule has 0 saturated carbocycles. The number of hydrogen-bond acceptors (Lipinski definition) is 5. The molecule has 1 aromatic carbocycles. The van der Waals surface area contributed by atoms with E-state index in [1.807, 2.05) is 17.9 Å². The molecule has 0 bridgehead atoms. The number of nitrogens with one attached hydrogen (secondary N) is 2. The SMILES string of the molecule is Cc1c[nH]c(C(=O)Nc2ccc(C(C)(C)N3CCN(CC(=O)O)CC3)cc2C2=CCC(C)(C)CC2)n1. The van der Waals surface area contributed by atoms with Crippen LogP contribution in [0.3, 0.4) is 0 Å². The van der Waals surface area contributed by atoms with Crippen LogP contribution in [0.5, 0.6) is 0 Å². The van der Waals surface area contributed by atoms with E-state index in [4.69, 9.17) is 5.11 Å². The highest BCUT2D eigenvalue weighted by atomic mass is 16.4. The van der Waals surface area contributed by atoms with Crippen molar-refractivity contribution in [3.63, 3.8) is 0 Å². The minimum absolute atomic E-state index is 0.0898. The lowest BCUT2D eigenvalue weighted by molar-refractivity contribution is -0.138. The van der Waals surface area contributed by atoms with Crippen LogP contribution in [0.2, 0.25) is 0 Å². The number of rotatable bonds is 7. The Kier molecular flexibility index (Phi) is 7.38. The molecule has 8 nitrogen and oxygen atoms in total. The monoisotopic (exact) mass is 493 g/mol. The number of aliphatic carboxylic acids is 1. The largest absolute Gasteiger partial charge is 0.480 e. The topological polar surface area (TPSA) is 102 Å². The first kappa shape index (κ1) is 26.1. The summed E-state index contributed by atoms with van der Waals surface area (Å²) in [6, 6.07) is 6.35. The van der Waals surface area contributed by atoms with Gasteiger partial charge in [0, 0.05) is 49.2 Å². The molecule has 2 heterocycles. The maximum Gasteiger partial charge on any atom is 0.317 e. The molecule has 36 heavy (non-hydrogen) atoms. The summed E-state index contributed by atoms with van der Waals surface area (Å²) >= 11 is 0. The summed E-state index contributed by atoms with van der Waals surface area (Å²) in [6.45, 7) is 14.1. The molecule has 0 atom stereocenters. The van der Waals surface area contributed by atoms with Crippen molar-refractivity contribution in [3.05, 3.63) is 53.1 Å². The quantitative estimate of drug-likeness (QED) is 0.525. The number of allylic oxidation sites excluding steroid dienone is 2. The van der Waals surface area contributed by atoms with E-state index in [-0.39, 0.29) is 23.4 Å². The predicted molar refractivity (Wildman–Crippen MR) is 142 cm³/mol. The normalized spacial score (nSPS) is 19.1. The molecule has 1 saturated heterocycles. The minimum Gasteiger partial charge on any atom is -0.480 e. The van der Waals surface area contributed by atoms with Gasteiger partial charge in [0.05, 0.1) is 12.2 Å². The number of imidazole rings is 1. The summed E-state index contributed by atoms with van der Waals surface area (Å²) in [7, 11) is 0. The number of H-pyrrole nitrogens is 1. The Bertz CT molecular complexity index is 1160. The van der Waals surface area contributed by atoms with Crippen molar-refractivity contribution >= 4 is 23.1 Å². The second-order valence-corrected chi connectivity index (χ2v) is 11.4. The van der Waals surface area contributed by atoms with E-state index >= 15 is 0 Å². The van der Waals surface area contributed by atoms with Gasteiger partial charge < -0.3 is 15.4 Å². The van der Waals surface area contributed by atoms with E-state index in [9.17, 15) is 9.59 Å². The minimum atomic E-state index is -0.779. The first-order valence-corrected chi connectivity index (χ1v) is 12.8. The highest BCUT2D eigenvalue weighted by Gasteiger charge is 2.33.